The highest BCUT2D eigenvalue weighted by atomic mass is 19.4. The SMILES string of the molecule is CC(C)N(C(=O)C(F)(F)F)C(C)C(=O)O. The van der Waals surface area contributed by atoms with E-state index in [9.17, 15) is 22.8 Å². The van der Waals surface area contributed by atoms with Crippen LogP contribution < -0.4 is 0 Å². The quantitative estimate of drug-likeness (QED) is 0.789. The summed E-state index contributed by atoms with van der Waals surface area (Å²) in [4.78, 5) is 21.7. The Labute approximate surface area is 84.7 Å². The molecular formula is C8H12F3NO3. The molecule has 0 radical (unpaired) electrons. The number of carboxylic acid groups (broad SMARTS) is 1. The summed E-state index contributed by atoms with van der Waals surface area (Å²) in [7, 11) is 0. The number of carboxylic acids is 1. The number of alkyl halides is 3. The van der Waals surface area contributed by atoms with Crippen LogP contribution in [0.15, 0.2) is 0 Å². The first-order valence-electron chi connectivity index (χ1n) is 4.21. The monoisotopic (exact) mass is 227 g/mol. The summed E-state index contributed by atoms with van der Waals surface area (Å²) in [6, 6.07) is -2.33. The van der Waals surface area contributed by atoms with Crippen LogP contribution in [0.4, 0.5) is 13.2 Å². The highest BCUT2D eigenvalue weighted by Crippen LogP contribution is 2.21. The third-order valence-electron chi connectivity index (χ3n) is 1.81. The van der Waals surface area contributed by atoms with Gasteiger partial charge in [-0.3, -0.25) is 4.79 Å². The number of carbonyl (C=O) groups excluding carboxylic acids is 1. The van der Waals surface area contributed by atoms with E-state index in [1.807, 2.05) is 0 Å². The molecule has 0 rings (SSSR count). The molecule has 15 heavy (non-hydrogen) atoms. The van der Waals surface area contributed by atoms with E-state index < -0.39 is 30.1 Å². The second-order valence-electron chi connectivity index (χ2n) is 3.32. The van der Waals surface area contributed by atoms with E-state index in [-0.39, 0.29) is 0 Å². The summed E-state index contributed by atoms with van der Waals surface area (Å²) in [5.74, 6) is -3.60. The molecule has 7 heteroatoms. The zero-order chi connectivity index (χ0) is 12.4. The van der Waals surface area contributed by atoms with Crippen LogP contribution in [0.25, 0.3) is 0 Å². The first-order chi connectivity index (χ1) is 6.59. The second-order valence-corrected chi connectivity index (χ2v) is 3.32. The minimum Gasteiger partial charge on any atom is -0.480 e. The van der Waals surface area contributed by atoms with Gasteiger partial charge >= 0.3 is 18.1 Å². The standard InChI is InChI=1S/C8H12F3NO3/c1-4(2)12(5(3)6(13)14)7(15)8(9,10)11/h4-5H,1-3H3,(H,13,14). The van der Waals surface area contributed by atoms with Crippen LogP contribution in [0.3, 0.4) is 0 Å². The van der Waals surface area contributed by atoms with Gasteiger partial charge in [0.2, 0.25) is 0 Å². The van der Waals surface area contributed by atoms with E-state index in [2.05, 4.69) is 0 Å². The summed E-state index contributed by atoms with van der Waals surface area (Å²) in [5.41, 5.74) is 0. The zero-order valence-electron chi connectivity index (χ0n) is 8.50. The van der Waals surface area contributed by atoms with Gasteiger partial charge in [0.25, 0.3) is 0 Å². The van der Waals surface area contributed by atoms with Crippen molar-refractivity contribution in [2.24, 2.45) is 0 Å². The molecule has 1 amide bonds. The smallest absolute Gasteiger partial charge is 0.471 e. The van der Waals surface area contributed by atoms with Crippen molar-refractivity contribution in [2.75, 3.05) is 0 Å². The maximum Gasteiger partial charge on any atom is 0.471 e. The van der Waals surface area contributed by atoms with Crippen molar-refractivity contribution in [1.82, 2.24) is 4.90 Å². The molecule has 0 aliphatic heterocycles. The first kappa shape index (κ1) is 13.7. The Morgan fingerprint density at radius 3 is 1.80 bits per heavy atom. The lowest BCUT2D eigenvalue weighted by Crippen LogP contribution is -2.52. The van der Waals surface area contributed by atoms with Gasteiger partial charge in [0.05, 0.1) is 0 Å². The average molecular weight is 227 g/mol. The molecule has 0 fully saturated rings. The molecular weight excluding hydrogens is 215 g/mol. The molecule has 1 N–H and O–H groups in total. The topological polar surface area (TPSA) is 57.6 Å². The lowest BCUT2D eigenvalue weighted by atomic mass is 10.2. The highest BCUT2D eigenvalue weighted by Gasteiger charge is 2.46. The van der Waals surface area contributed by atoms with Crippen molar-refractivity contribution < 1.29 is 27.9 Å². The van der Waals surface area contributed by atoms with Crippen LogP contribution in [0.2, 0.25) is 0 Å². The molecule has 0 aromatic heterocycles. The van der Waals surface area contributed by atoms with E-state index in [0.717, 1.165) is 6.92 Å². The molecule has 0 aliphatic carbocycles. The number of aliphatic carboxylic acids is 1. The lowest BCUT2D eigenvalue weighted by Gasteiger charge is -2.30. The summed E-state index contributed by atoms with van der Waals surface area (Å²) < 4.78 is 36.3. The van der Waals surface area contributed by atoms with Crippen molar-refractivity contribution in [3.63, 3.8) is 0 Å². The minimum atomic E-state index is -5.05. The molecule has 0 bridgehead atoms. The number of amides is 1. The molecule has 0 heterocycles. The van der Waals surface area contributed by atoms with E-state index >= 15 is 0 Å². The Morgan fingerprint density at radius 1 is 1.20 bits per heavy atom. The summed E-state index contributed by atoms with van der Waals surface area (Å²) in [6.07, 6.45) is -5.05. The van der Waals surface area contributed by atoms with Crippen LogP contribution in [-0.4, -0.2) is 40.1 Å². The van der Waals surface area contributed by atoms with Crippen LogP contribution in [0.5, 0.6) is 0 Å². The van der Waals surface area contributed by atoms with E-state index in [1.165, 1.54) is 13.8 Å². The zero-order valence-corrected chi connectivity index (χ0v) is 8.50. The fourth-order valence-electron chi connectivity index (χ4n) is 1.12. The lowest BCUT2D eigenvalue weighted by molar-refractivity contribution is -0.191. The summed E-state index contributed by atoms with van der Waals surface area (Å²) >= 11 is 0. The van der Waals surface area contributed by atoms with Gasteiger partial charge in [0.1, 0.15) is 6.04 Å². The highest BCUT2D eigenvalue weighted by molar-refractivity contribution is 5.87. The van der Waals surface area contributed by atoms with Crippen molar-refractivity contribution in [3.05, 3.63) is 0 Å². The molecule has 0 saturated heterocycles. The summed E-state index contributed by atoms with van der Waals surface area (Å²) in [5, 5.41) is 8.55. The maximum absolute atomic E-state index is 12.1. The predicted octanol–water partition coefficient (Wildman–Crippen LogP) is 1.26. The van der Waals surface area contributed by atoms with Gasteiger partial charge in [-0.05, 0) is 20.8 Å². The van der Waals surface area contributed by atoms with E-state index in [4.69, 9.17) is 5.11 Å². The Morgan fingerprint density at radius 2 is 1.60 bits per heavy atom. The largest absolute Gasteiger partial charge is 0.480 e. The van der Waals surface area contributed by atoms with Gasteiger partial charge in [-0.15, -0.1) is 0 Å². The molecule has 0 saturated carbocycles. The number of rotatable bonds is 3. The molecule has 0 aromatic carbocycles. The number of nitrogens with zero attached hydrogens (tertiary/aromatic N) is 1. The van der Waals surface area contributed by atoms with E-state index in [1.54, 1.807) is 0 Å². The normalized spacial score (nSPS) is 13.8. The number of hydrogen-bond acceptors (Lipinski definition) is 2. The Hall–Kier alpha value is -1.27. The van der Waals surface area contributed by atoms with Crippen LogP contribution in [0, 0.1) is 0 Å². The predicted molar refractivity (Wildman–Crippen MR) is 45.1 cm³/mol. The molecule has 4 nitrogen and oxygen atoms in total. The fourth-order valence-corrected chi connectivity index (χ4v) is 1.12. The van der Waals surface area contributed by atoms with Crippen molar-refractivity contribution in [2.45, 2.75) is 39.0 Å². The van der Waals surface area contributed by atoms with Gasteiger partial charge in [-0.25, -0.2) is 4.79 Å². The van der Waals surface area contributed by atoms with Gasteiger partial charge in [0, 0.05) is 6.04 Å². The number of hydrogen-bond donors (Lipinski definition) is 1. The average Bonchev–Trinajstić information content (AvgIpc) is 2.01. The Kier molecular flexibility index (Phi) is 4.12. The van der Waals surface area contributed by atoms with Gasteiger partial charge < -0.3 is 10.0 Å². The second kappa shape index (κ2) is 4.50. The van der Waals surface area contributed by atoms with Crippen LogP contribution >= 0.6 is 0 Å². The Balaban J connectivity index is 5.00. The van der Waals surface area contributed by atoms with Gasteiger partial charge in [0.15, 0.2) is 0 Å². The van der Waals surface area contributed by atoms with E-state index in [0.29, 0.717) is 4.90 Å². The van der Waals surface area contributed by atoms with Gasteiger partial charge in [-0.1, -0.05) is 0 Å². The van der Waals surface area contributed by atoms with Gasteiger partial charge in [-0.2, -0.15) is 13.2 Å². The van der Waals surface area contributed by atoms with Crippen LogP contribution in [-0.2, 0) is 9.59 Å². The molecule has 1 atom stereocenters. The number of carbonyl (C=O) groups is 2. The third-order valence-corrected chi connectivity index (χ3v) is 1.81. The molecule has 0 aromatic rings. The molecule has 88 valence electrons. The molecule has 0 aliphatic rings. The maximum atomic E-state index is 12.1. The van der Waals surface area contributed by atoms with Crippen molar-refractivity contribution >= 4 is 11.9 Å². The van der Waals surface area contributed by atoms with Crippen molar-refractivity contribution in [1.29, 1.82) is 0 Å². The molecule has 1 unspecified atom stereocenters. The third kappa shape index (κ3) is 3.41. The van der Waals surface area contributed by atoms with Crippen LogP contribution in [0.1, 0.15) is 20.8 Å². The number of halogens is 3. The fraction of sp³-hybridized carbons (Fsp3) is 0.750. The first-order valence-corrected chi connectivity index (χ1v) is 4.21. The minimum absolute atomic E-state index is 0.294. The Bertz CT molecular complexity index is 262. The van der Waals surface area contributed by atoms with Crippen molar-refractivity contribution in [3.8, 4) is 0 Å². The summed E-state index contributed by atoms with van der Waals surface area (Å²) in [6.45, 7) is 3.68. The molecule has 0 spiro atoms.